The van der Waals surface area contributed by atoms with Gasteiger partial charge in [-0.25, -0.2) is 4.79 Å². The van der Waals surface area contributed by atoms with Gasteiger partial charge in [0.1, 0.15) is 0 Å². The number of carbonyl (C=O) groups is 1. The Kier molecular flexibility index (Phi) is 7.76. The smallest absolute Gasteiger partial charge is 0.409 e. The molecule has 1 aliphatic rings. The van der Waals surface area contributed by atoms with E-state index in [9.17, 15) is 4.79 Å². The lowest BCUT2D eigenvalue weighted by Gasteiger charge is -2.31. The minimum absolute atomic E-state index is 0.182. The molecule has 1 fully saturated rings. The van der Waals surface area contributed by atoms with E-state index in [-0.39, 0.29) is 12.7 Å². The Labute approximate surface area is 109 Å². The highest BCUT2D eigenvalue weighted by atomic mass is 16.6. The van der Waals surface area contributed by atoms with E-state index in [2.05, 4.69) is 5.32 Å². The number of amides is 1. The number of hydrogen-bond donors (Lipinski definition) is 2. The van der Waals surface area contributed by atoms with E-state index < -0.39 is 0 Å². The molecule has 0 spiro atoms. The van der Waals surface area contributed by atoms with Crippen molar-refractivity contribution in [3.63, 3.8) is 0 Å². The Morgan fingerprint density at radius 3 is 2.67 bits per heavy atom. The van der Waals surface area contributed by atoms with Crippen molar-refractivity contribution in [2.24, 2.45) is 0 Å². The van der Waals surface area contributed by atoms with Gasteiger partial charge in [-0.1, -0.05) is 0 Å². The molecule has 0 aromatic rings. The molecular formula is C13H26N2O3. The van der Waals surface area contributed by atoms with Crippen LogP contribution >= 0.6 is 0 Å². The lowest BCUT2D eigenvalue weighted by Crippen LogP contribution is -2.45. The van der Waals surface area contributed by atoms with Gasteiger partial charge in [0.15, 0.2) is 0 Å². The van der Waals surface area contributed by atoms with Crippen molar-refractivity contribution >= 4 is 6.09 Å². The monoisotopic (exact) mass is 258 g/mol. The van der Waals surface area contributed by atoms with Gasteiger partial charge in [-0.2, -0.15) is 0 Å². The summed E-state index contributed by atoms with van der Waals surface area (Å²) in [4.78, 5) is 13.3. The highest BCUT2D eigenvalue weighted by molar-refractivity contribution is 5.67. The van der Waals surface area contributed by atoms with Crippen LogP contribution in [0.4, 0.5) is 4.79 Å². The Bertz CT molecular complexity index is 228. The van der Waals surface area contributed by atoms with E-state index in [0.29, 0.717) is 12.6 Å². The second-order valence-electron chi connectivity index (χ2n) is 4.70. The van der Waals surface area contributed by atoms with Crippen molar-refractivity contribution in [2.45, 2.75) is 45.1 Å². The van der Waals surface area contributed by atoms with Crippen LogP contribution in [-0.4, -0.2) is 55.0 Å². The Morgan fingerprint density at radius 2 is 2.06 bits per heavy atom. The minimum Gasteiger partial charge on any atom is -0.450 e. The number of rotatable bonds is 7. The van der Waals surface area contributed by atoms with Crippen LogP contribution in [-0.2, 0) is 4.74 Å². The number of hydrogen-bond acceptors (Lipinski definition) is 4. The topological polar surface area (TPSA) is 61.8 Å². The number of ether oxygens (including phenoxy) is 1. The van der Waals surface area contributed by atoms with E-state index in [4.69, 9.17) is 9.84 Å². The Balaban J connectivity index is 2.06. The highest BCUT2D eigenvalue weighted by Crippen LogP contribution is 2.11. The number of carbonyl (C=O) groups excluding carboxylic acids is 1. The number of nitrogens with one attached hydrogen (secondary N) is 1. The van der Waals surface area contributed by atoms with Crippen LogP contribution in [0.15, 0.2) is 0 Å². The quantitative estimate of drug-likeness (QED) is 0.677. The molecule has 18 heavy (non-hydrogen) atoms. The molecule has 0 unspecified atom stereocenters. The first-order valence-corrected chi connectivity index (χ1v) is 7.04. The summed E-state index contributed by atoms with van der Waals surface area (Å²) >= 11 is 0. The van der Waals surface area contributed by atoms with Crippen molar-refractivity contribution < 1.29 is 14.6 Å². The molecule has 1 heterocycles. The second kappa shape index (κ2) is 9.16. The maximum Gasteiger partial charge on any atom is 0.409 e. The maximum atomic E-state index is 11.5. The molecule has 0 bridgehead atoms. The van der Waals surface area contributed by atoms with Crippen molar-refractivity contribution in [3.05, 3.63) is 0 Å². The Hall–Kier alpha value is -0.810. The number of aliphatic hydroxyl groups excluding tert-OH is 1. The number of unbranched alkanes of at least 4 members (excludes halogenated alkanes) is 2. The normalized spacial score (nSPS) is 16.9. The Morgan fingerprint density at radius 1 is 1.33 bits per heavy atom. The molecule has 1 aliphatic heterocycles. The van der Waals surface area contributed by atoms with Gasteiger partial charge in [0.2, 0.25) is 0 Å². The average molecular weight is 258 g/mol. The molecule has 106 valence electrons. The molecule has 5 heteroatoms. The van der Waals surface area contributed by atoms with Gasteiger partial charge in [-0.05, 0) is 45.6 Å². The summed E-state index contributed by atoms with van der Waals surface area (Å²) in [7, 11) is 0. The molecule has 0 aromatic heterocycles. The predicted molar refractivity (Wildman–Crippen MR) is 70.6 cm³/mol. The summed E-state index contributed by atoms with van der Waals surface area (Å²) in [5.41, 5.74) is 0. The van der Waals surface area contributed by atoms with Crippen molar-refractivity contribution in [2.75, 3.05) is 32.8 Å². The van der Waals surface area contributed by atoms with Crippen LogP contribution in [0.25, 0.3) is 0 Å². The van der Waals surface area contributed by atoms with Gasteiger partial charge in [-0.3, -0.25) is 0 Å². The fraction of sp³-hybridized carbons (Fsp3) is 0.923. The first-order valence-electron chi connectivity index (χ1n) is 7.04. The summed E-state index contributed by atoms with van der Waals surface area (Å²) in [5.74, 6) is 0. The van der Waals surface area contributed by atoms with Gasteiger partial charge < -0.3 is 20.1 Å². The number of nitrogens with zero attached hydrogens (tertiary/aromatic N) is 1. The van der Waals surface area contributed by atoms with Crippen molar-refractivity contribution in [1.29, 1.82) is 0 Å². The summed E-state index contributed by atoms with van der Waals surface area (Å²) in [5, 5.41) is 12.2. The van der Waals surface area contributed by atoms with E-state index in [1.54, 1.807) is 4.90 Å². The molecule has 0 aliphatic carbocycles. The molecule has 0 aromatic carbocycles. The van der Waals surface area contributed by atoms with Crippen molar-refractivity contribution in [1.82, 2.24) is 10.2 Å². The molecule has 1 rings (SSSR count). The number of piperidine rings is 1. The van der Waals surface area contributed by atoms with Gasteiger partial charge in [0.25, 0.3) is 0 Å². The fourth-order valence-electron chi connectivity index (χ4n) is 2.20. The lowest BCUT2D eigenvalue weighted by molar-refractivity contribution is 0.0951. The van der Waals surface area contributed by atoms with Crippen LogP contribution in [0.5, 0.6) is 0 Å². The first kappa shape index (κ1) is 15.2. The van der Waals surface area contributed by atoms with Crippen LogP contribution < -0.4 is 5.32 Å². The number of likely N-dealkylation sites (tertiary alicyclic amines) is 1. The van der Waals surface area contributed by atoms with Crippen molar-refractivity contribution in [3.8, 4) is 0 Å². The summed E-state index contributed by atoms with van der Waals surface area (Å²) < 4.78 is 4.98. The van der Waals surface area contributed by atoms with E-state index in [0.717, 1.165) is 51.7 Å². The molecule has 1 saturated heterocycles. The zero-order valence-electron chi connectivity index (χ0n) is 11.4. The summed E-state index contributed by atoms with van der Waals surface area (Å²) in [6.45, 7) is 5.14. The third-order valence-corrected chi connectivity index (χ3v) is 3.29. The predicted octanol–water partition coefficient (Wildman–Crippen LogP) is 1.36. The van der Waals surface area contributed by atoms with Gasteiger partial charge in [0, 0.05) is 25.7 Å². The lowest BCUT2D eigenvalue weighted by atomic mass is 10.1. The zero-order chi connectivity index (χ0) is 13.2. The average Bonchev–Trinajstić information content (AvgIpc) is 2.39. The highest BCUT2D eigenvalue weighted by Gasteiger charge is 2.22. The zero-order valence-corrected chi connectivity index (χ0v) is 11.4. The van der Waals surface area contributed by atoms with E-state index in [1.165, 1.54) is 0 Å². The molecule has 0 saturated carbocycles. The molecule has 0 atom stereocenters. The third kappa shape index (κ3) is 5.69. The van der Waals surface area contributed by atoms with Gasteiger partial charge >= 0.3 is 6.09 Å². The fourth-order valence-corrected chi connectivity index (χ4v) is 2.20. The van der Waals surface area contributed by atoms with E-state index >= 15 is 0 Å². The van der Waals surface area contributed by atoms with Gasteiger partial charge in [0.05, 0.1) is 6.61 Å². The SMILES string of the molecule is CCOC(=O)N1CCC(NCCCCCO)CC1. The van der Waals surface area contributed by atoms with Gasteiger partial charge in [-0.15, -0.1) is 0 Å². The molecule has 2 N–H and O–H groups in total. The summed E-state index contributed by atoms with van der Waals surface area (Å²) in [6, 6.07) is 0.518. The van der Waals surface area contributed by atoms with Crippen LogP contribution in [0.3, 0.4) is 0 Å². The maximum absolute atomic E-state index is 11.5. The van der Waals surface area contributed by atoms with E-state index in [1.807, 2.05) is 6.92 Å². The third-order valence-electron chi connectivity index (χ3n) is 3.29. The number of aliphatic hydroxyl groups is 1. The molecule has 5 nitrogen and oxygen atoms in total. The van der Waals surface area contributed by atoms with Crippen LogP contribution in [0.1, 0.15) is 39.0 Å². The molecule has 0 radical (unpaired) electrons. The van der Waals surface area contributed by atoms with Crippen LogP contribution in [0, 0.1) is 0 Å². The summed E-state index contributed by atoms with van der Waals surface area (Å²) in [6.07, 6.45) is 4.89. The molecule has 1 amide bonds. The second-order valence-corrected chi connectivity index (χ2v) is 4.70. The minimum atomic E-state index is -0.182. The first-order chi connectivity index (χ1) is 8.77. The largest absolute Gasteiger partial charge is 0.450 e. The van der Waals surface area contributed by atoms with Crippen LogP contribution in [0.2, 0.25) is 0 Å². The standard InChI is InChI=1S/C13H26N2O3/c1-2-18-13(17)15-9-6-12(7-10-15)14-8-4-3-5-11-16/h12,14,16H,2-11H2,1H3. The molecular weight excluding hydrogens is 232 g/mol.